The van der Waals surface area contributed by atoms with Crippen molar-refractivity contribution >= 4 is 0 Å². The summed E-state index contributed by atoms with van der Waals surface area (Å²) in [4.78, 5) is 0. The maximum absolute atomic E-state index is 5.46. The Morgan fingerprint density at radius 3 is 2.00 bits per heavy atom. The highest BCUT2D eigenvalue weighted by molar-refractivity contribution is 4.72. The lowest BCUT2D eigenvalue weighted by atomic mass is 9.96. The monoisotopic (exact) mass is 213 g/mol. The zero-order chi connectivity index (χ0) is 11.9. The third kappa shape index (κ3) is 19.9. The average molecular weight is 213 g/mol. The third-order valence-corrected chi connectivity index (χ3v) is 2.13. The van der Waals surface area contributed by atoms with Crippen LogP contribution < -0.4 is 5.73 Å². The molecule has 0 heterocycles. The number of rotatable bonds is 6. The van der Waals surface area contributed by atoms with E-state index in [4.69, 9.17) is 5.73 Å². The maximum Gasteiger partial charge on any atom is -0.00745 e. The molecule has 1 aliphatic carbocycles. The minimum Gasteiger partial charge on any atom is -0.330 e. The van der Waals surface area contributed by atoms with Crippen molar-refractivity contribution in [3.8, 4) is 0 Å². The molecule has 0 amide bonds. The van der Waals surface area contributed by atoms with Crippen LogP contribution in [-0.4, -0.2) is 6.54 Å². The smallest absolute Gasteiger partial charge is 0.00745 e. The van der Waals surface area contributed by atoms with E-state index >= 15 is 0 Å². The summed E-state index contributed by atoms with van der Waals surface area (Å²) in [6.07, 6.45) is 11.3. The number of allylic oxidation sites excluding steroid dienone is 1. The van der Waals surface area contributed by atoms with Gasteiger partial charge in [0.1, 0.15) is 0 Å². The largest absolute Gasteiger partial charge is 0.330 e. The topological polar surface area (TPSA) is 26.0 Å². The molecule has 0 spiro atoms. The Hall–Kier alpha value is -0.300. The number of hydrogen-bond acceptors (Lipinski definition) is 1. The van der Waals surface area contributed by atoms with E-state index in [1.807, 2.05) is 19.9 Å². The molecule has 0 bridgehead atoms. The van der Waals surface area contributed by atoms with E-state index in [1.54, 1.807) is 0 Å². The first-order chi connectivity index (χ1) is 7.35. The third-order valence-electron chi connectivity index (χ3n) is 2.13. The van der Waals surface area contributed by atoms with Gasteiger partial charge in [0.05, 0.1) is 0 Å². The van der Waals surface area contributed by atoms with Crippen molar-refractivity contribution in [2.45, 2.75) is 65.7 Å². The van der Waals surface area contributed by atoms with Gasteiger partial charge in [0.2, 0.25) is 0 Å². The van der Waals surface area contributed by atoms with Gasteiger partial charge < -0.3 is 5.73 Å². The van der Waals surface area contributed by atoms with E-state index in [2.05, 4.69) is 13.5 Å². The van der Waals surface area contributed by atoms with Crippen molar-refractivity contribution in [3.63, 3.8) is 0 Å². The van der Waals surface area contributed by atoms with Gasteiger partial charge in [-0.15, -0.1) is 6.58 Å². The molecule has 1 unspecified atom stereocenters. The molecule has 2 N–H and O–H groups in total. The zero-order valence-electron chi connectivity index (χ0n) is 11.1. The second-order valence-electron chi connectivity index (χ2n) is 3.82. The summed E-state index contributed by atoms with van der Waals surface area (Å²) in [7, 11) is 0. The molecule has 0 saturated heterocycles. The molecule has 15 heavy (non-hydrogen) atoms. The Balaban J connectivity index is 0. The molecule has 0 aliphatic heterocycles. The Bertz CT molecular complexity index is 99.2. The summed E-state index contributed by atoms with van der Waals surface area (Å²) in [6.45, 7) is 10.8. The minimum absolute atomic E-state index is 0.785. The van der Waals surface area contributed by atoms with Gasteiger partial charge in [0.25, 0.3) is 0 Å². The van der Waals surface area contributed by atoms with Gasteiger partial charge in [-0.25, -0.2) is 0 Å². The second kappa shape index (κ2) is 16.1. The lowest BCUT2D eigenvalue weighted by Gasteiger charge is -2.11. The average Bonchev–Trinajstić information content (AvgIpc) is 3.09. The summed E-state index contributed by atoms with van der Waals surface area (Å²) in [5, 5.41) is 0. The molecule has 1 aliphatic rings. The lowest BCUT2D eigenvalue weighted by molar-refractivity contribution is 0.457. The molecule has 0 aromatic carbocycles. The van der Waals surface area contributed by atoms with Crippen LogP contribution in [0.3, 0.4) is 0 Å². The fraction of sp³-hybridized carbons (Fsp3) is 0.857. The van der Waals surface area contributed by atoms with Crippen molar-refractivity contribution in [2.75, 3.05) is 6.54 Å². The van der Waals surface area contributed by atoms with Crippen LogP contribution in [0.2, 0.25) is 0 Å². The maximum atomic E-state index is 5.46. The Morgan fingerprint density at radius 1 is 1.20 bits per heavy atom. The van der Waals surface area contributed by atoms with Gasteiger partial charge in [-0.3, -0.25) is 0 Å². The van der Waals surface area contributed by atoms with Crippen molar-refractivity contribution in [2.24, 2.45) is 11.7 Å². The molecule has 0 radical (unpaired) electrons. The van der Waals surface area contributed by atoms with Gasteiger partial charge in [-0.2, -0.15) is 0 Å². The molecular weight excluding hydrogens is 182 g/mol. The molecule has 1 rings (SSSR count). The highest BCUT2D eigenvalue weighted by Crippen LogP contribution is 2.15. The standard InChI is InChI=1S/C9H19N.C3H6.C2H6/c1-3-5-9(6-4-2)7-8-10;1-2-3-1;1-2/h3,9H,1,4-8,10H2,2H3;1-3H2;1-2H3. The Labute approximate surface area is 97.1 Å². The van der Waals surface area contributed by atoms with Crippen LogP contribution in [0.1, 0.15) is 65.7 Å². The van der Waals surface area contributed by atoms with E-state index in [9.17, 15) is 0 Å². The van der Waals surface area contributed by atoms with Crippen LogP contribution in [0.4, 0.5) is 0 Å². The van der Waals surface area contributed by atoms with Crippen LogP contribution in [0.5, 0.6) is 0 Å². The predicted molar refractivity (Wildman–Crippen MR) is 72.1 cm³/mol. The van der Waals surface area contributed by atoms with Gasteiger partial charge in [0, 0.05) is 0 Å². The molecular formula is C14H31N. The fourth-order valence-corrected chi connectivity index (χ4v) is 1.26. The molecule has 1 atom stereocenters. The summed E-state index contributed by atoms with van der Waals surface area (Å²) >= 11 is 0. The van der Waals surface area contributed by atoms with Crippen molar-refractivity contribution in [3.05, 3.63) is 12.7 Å². The van der Waals surface area contributed by atoms with E-state index < -0.39 is 0 Å². The molecule has 1 fully saturated rings. The van der Waals surface area contributed by atoms with Gasteiger partial charge >= 0.3 is 0 Å². The minimum atomic E-state index is 0.785. The highest BCUT2D eigenvalue weighted by atomic mass is 14.5. The first-order valence-electron chi connectivity index (χ1n) is 6.66. The summed E-state index contributed by atoms with van der Waals surface area (Å²) in [5.74, 6) is 0.785. The Kier molecular flexibility index (Phi) is 18.4. The summed E-state index contributed by atoms with van der Waals surface area (Å²) < 4.78 is 0. The Morgan fingerprint density at radius 2 is 1.73 bits per heavy atom. The molecule has 1 saturated carbocycles. The SMILES string of the molecule is C1CC1.C=CCC(CCC)CCN.CC. The molecule has 1 nitrogen and oxygen atoms in total. The summed E-state index contributed by atoms with van der Waals surface area (Å²) in [6, 6.07) is 0. The normalized spacial score (nSPS) is 13.9. The molecule has 0 aromatic rings. The molecule has 0 aromatic heterocycles. The van der Waals surface area contributed by atoms with E-state index in [1.165, 1.54) is 32.1 Å². The van der Waals surface area contributed by atoms with Gasteiger partial charge in [0.15, 0.2) is 0 Å². The zero-order valence-corrected chi connectivity index (χ0v) is 11.1. The van der Waals surface area contributed by atoms with Crippen molar-refractivity contribution in [1.82, 2.24) is 0 Å². The number of hydrogen-bond donors (Lipinski definition) is 1. The quantitative estimate of drug-likeness (QED) is 0.645. The van der Waals surface area contributed by atoms with Crippen molar-refractivity contribution in [1.29, 1.82) is 0 Å². The first-order valence-corrected chi connectivity index (χ1v) is 6.66. The highest BCUT2D eigenvalue weighted by Gasteiger charge is 2.02. The van der Waals surface area contributed by atoms with E-state index in [0.29, 0.717) is 0 Å². The van der Waals surface area contributed by atoms with Gasteiger partial charge in [-0.1, -0.05) is 59.0 Å². The molecule has 1 heteroatoms. The van der Waals surface area contributed by atoms with Crippen LogP contribution in [0.25, 0.3) is 0 Å². The molecule has 92 valence electrons. The van der Waals surface area contributed by atoms with Crippen LogP contribution in [0.15, 0.2) is 12.7 Å². The summed E-state index contributed by atoms with van der Waals surface area (Å²) in [5.41, 5.74) is 5.46. The van der Waals surface area contributed by atoms with Crippen LogP contribution in [-0.2, 0) is 0 Å². The number of nitrogens with two attached hydrogens (primary N) is 1. The van der Waals surface area contributed by atoms with E-state index in [0.717, 1.165) is 25.3 Å². The van der Waals surface area contributed by atoms with Gasteiger partial charge in [-0.05, 0) is 25.3 Å². The second-order valence-corrected chi connectivity index (χ2v) is 3.82. The van der Waals surface area contributed by atoms with E-state index in [-0.39, 0.29) is 0 Å². The lowest BCUT2D eigenvalue weighted by Crippen LogP contribution is -2.07. The first kappa shape index (κ1) is 17.1. The van der Waals surface area contributed by atoms with Crippen LogP contribution in [0, 0.1) is 5.92 Å². The van der Waals surface area contributed by atoms with Crippen molar-refractivity contribution < 1.29 is 0 Å². The fourth-order valence-electron chi connectivity index (χ4n) is 1.26. The van der Waals surface area contributed by atoms with Crippen LogP contribution >= 0.6 is 0 Å². The predicted octanol–water partition coefficient (Wildman–Crippen LogP) is 4.52.